The fourth-order valence-electron chi connectivity index (χ4n) is 2.89. The minimum Gasteiger partial charge on any atom is -0.465 e. The zero-order chi connectivity index (χ0) is 16.1. The van der Waals surface area contributed by atoms with Crippen molar-refractivity contribution in [1.82, 2.24) is 4.90 Å². The number of piperidine rings is 1. The predicted octanol–water partition coefficient (Wildman–Crippen LogP) is 2.06. The molecule has 0 saturated carbocycles. The first-order chi connectivity index (χ1) is 10.6. The molecule has 1 heterocycles. The van der Waals surface area contributed by atoms with Crippen LogP contribution in [0.15, 0.2) is 18.2 Å². The van der Waals surface area contributed by atoms with Crippen LogP contribution in [0.25, 0.3) is 0 Å². The van der Waals surface area contributed by atoms with Gasteiger partial charge in [0.25, 0.3) is 0 Å². The Morgan fingerprint density at radius 2 is 2.23 bits per heavy atom. The Bertz CT molecular complexity index is 524. The van der Waals surface area contributed by atoms with E-state index in [2.05, 4.69) is 4.90 Å². The van der Waals surface area contributed by atoms with Gasteiger partial charge in [0.1, 0.15) is 0 Å². The van der Waals surface area contributed by atoms with Crippen LogP contribution in [0.3, 0.4) is 0 Å². The van der Waals surface area contributed by atoms with E-state index in [9.17, 15) is 4.79 Å². The van der Waals surface area contributed by atoms with Crippen LogP contribution >= 0.6 is 11.6 Å². The van der Waals surface area contributed by atoms with E-state index >= 15 is 0 Å². The van der Waals surface area contributed by atoms with E-state index in [1.807, 2.05) is 0 Å². The second-order valence-electron chi connectivity index (χ2n) is 5.54. The molecule has 1 saturated heterocycles. The van der Waals surface area contributed by atoms with Crippen LogP contribution in [-0.2, 0) is 16.0 Å². The number of esters is 1. The van der Waals surface area contributed by atoms with Crippen LogP contribution < -0.4 is 5.73 Å². The van der Waals surface area contributed by atoms with Crippen LogP contribution in [0.1, 0.15) is 28.8 Å². The molecule has 6 heteroatoms. The van der Waals surface area contributed by atoms with Crippen LogP contribution in [0, 0.1) is 0 Å². The third-order valence-electron chi connectivity index (χ3n) is 4.24. The SMILES string of the molecule is COC(=O)c1ccc(Cl)c(CN2CCC(OC)CC2CN)c1. The van der Waals surface area contributed by atoms with Crippen molar-refractivity contribution in [2.24, 2.45) is 5.73 Å². The Labute approximate surface area is 136 Å². The largest absolute Gasteiger partial charge is 0.465 e. The van der Waals surface area contributed by atoms with Crippen LogP contribution in [0.2, 0.25) is 5.02 Å². The molecule has 0 radical (unpaired) electrons. The summed E-state index contributed by atoms with van der Waals surface area (Å²) in [6.45, 7) is 2.15. The number of carbonyl (C=O) groups is 1. The summed E-state index contributed by atoms with van der Waals surface area (Å²) in [6.07, 6.45) is 2.16. The van der Waals surface area contributed by atoms with Gasteiger partial charge in [-0.2, -0.15) is 0 Å². The highest BCUT2D eigenvalue weighted by Gasteiger charge is 2.28. The molecule has 0 aliphatic carbocycles. The number of hydrogen-bond acceptors (Lipinski definition) is 5. The molecule has 1 aliphatic heterocycles. The smallest absolute Gasteiger partial charge is 0.337 e. The quantitative estimate of drug-likeness (QED) is 0.839. The summed E-state index contributed by atoms with van der Waals surface area (Å²) < 4.78 is 10.2. The fraction of sp³-hybridized carbons (Fsp3) is 0.562. The molecule has 0 bridgehead atoms. The number of rotatable bonds is 5. The minimum atomic E-state index is -0.355. The first-order valence-corrected chi connectivity index (χ1v) is 7.80. The van der Waals surface area contributed by atoms with Gasteiger partial charge in [-0.3, -0.25) is 4.90 Å². The summed E-state index contributed by atoms with van der Waals surface area (Å²) in [7, 11) is 3.11. The van der Waals surface area contributed by atoms with Gasteiger partial charge in [-0.15, -0.1) is 0 Å². The molecule has 122 valence electrons. The number of benzene rings is 1. The molecule has 2 atom stereocenters. The lowest BCUT2D eigenvalue weighted by Crippen LogP contribution is -2.48. The number of ether oxygens (including phenoxy) is 2. The van der Waals surface area contributed by atoms with Crippen molar-refractivity contribution >= 4 is 17.6 Å². The van der Waals surface area contributed by atoms with Crippen molar-refractivity contribution in [3.05, 3.63) is 34.3 Å². The Hall–Kier alpha value is -1.14. The van der Waals surface area contributed by atoms with Crippen molar-refractivity contribution in [3.8, 4) is 0 Å². The monoisotopic (exact) mass is 326 g/mol. The summed E-state index contributed by atoms with van der Waals surface area (Å²) in [5.74, 6) is -0.355. The zero-order valence-corrected chi connectivity index (χ0v) is 13.8. The number of methoxy groups -OCH3 is 2. The lowest BCUT2D eigenvalue weighted by atomic mass is 9.98. The van der Waals surface area contributed by atoms with Crippen molar-refractivity contribution in [2.75, 3.05) is 27.3 Å². The van der Waals surface area contributed by atoms with Gasteiger partial charge in [-0.05, 0) is 36.6 Å². The van der Waals surface area contributed by atoms with Gasteiger partial charge in [0.05, 0.1) is 18.8 Å². The first-order valence-electron chi connectivity index (χ1n) is 7.42. The van der Waals surface area contributed by atoms with E-state index in [4.69, 9.17) is 26.8 Å². The number of nitrogens with two attached hydrogens (primary N) is 1. The van der Waals surface area contributed by atoms with Gasteiger partial charge >= 0.3 is 5.97 Å². The predicted molar refractivity (Wildman–Crippen MR) is 86.1 cm³/mol. The normalized spacial score (nSPS) is 22.5. The lowest BCUT2D eigenvalue weighted by molar-refractivity contribution is 0.0102. The number of carbonyl (C=O) groups excluding carboxylic acids is 1. The summed E-state index contributed by atoms with van der Waals surface area (Å²) in [4.78, 5) is 14.0. The maximum atomic E-state index is 11.7. The van der Waals surface area contributed by atoms with Crippen LogP contribution in [0.5, 0.6) is 0 Å². The Kier molecular flexibility index (Phi) is 6.20. The highest BCUT2D eigenvalue weighted by Crippen LogP contribution is 2.25. The van der Waals surface area contributed by atoms with Crippen molar-refractivity contribution < 1.29 is 14.3 Å². The molecule has 22 heavy (non-hydrogen) atoms. The van der Waals surface area contributed by atoms with E-state index in [-0.39, 0.29) is 18.1 Å². The summed E-state index contributed by atoms with van der Waals surface area (Å²) in [5.41, 5.74) is 7.33. The number of likely N-dealkylation sites (tertiary alicyclic amines) is 1. The van der Waals surface area contributed by atoms with E-state index in [1.54, 1.807) is 25.3 Å². The van der Waals surface area contributed by atoms with Gasteiger partial charge in [0, 0.05) is 37.8 Å². The van der Waals surface area contributed by atoms with Gasteiger partial charge < -0.3 is 15.2 Å². The molecule has 1 fully saturated rings. The number of halogens is 1. The van der Waals surface area contributed by atoms with E-state index < -0.39 is 0 Å². The standard InChI is InChI=1S/C16H23ClN2O3/c1-21-14-5-6-19(13(8-14)9-18)10-12-7-11(16(20)22-2)3-4-15(12)17/h3-4,7,13-14H,5-6,8-10,18H2,1-2H3. The Balaban J connectivity index is 2.13. The average molecular weight is 327 g/mol. The van der Waals surface area contributed by atoms with Crippen molar-refractivity contribution in [1.29, 1.82) is 0 Å². The number of nitrogens with zero attached hydrogens (tertiary/aromatic N) is 1. The molecule has 1 aromatic rings. The minimum absolute atomic E-state index is 0.261. The fourth-order valence-corrected chi connectivity index (χ4v) is 3.07. The molecule has 0 aromatic heterocycles. The summed E-state index contributed by atoms with van der Waals surface area (Å²) >= 11 is 6.28. The average Bonchev–Trinajstić information content (AvgIpc) is 2.56. The zero-order valence-electron chi connectivity index (χ0n) is 13.0. The highest BCUT2D eigenvalue weighted by molar-refractivity contribution is 6.31. The molecule has 2 rings (SSSR count). The second-order valence-corrected chi connectivity index (χ2v) is 5.95. The van der Waals surface area contributed by atoms with Gasteiger partial charge in [-0.1, -0.05) is 11.6 Å². The van der Waals surface area contributed by atoms with Crippen LogP contribution in [0.4, 0.5) is 0 Å². The summed E-state index contributed by atoms with van der Waals surface area (Å²) in [6, 6.07) is 5.47. The Morgan fingerprint density at radius 1 is 1.45 bits per heavy atom. The molecular weight excluding hydrogens is 304 g/mol. The third-order valence-corrected chi connectivity index (χ3v) is 4.60. The van der Waals surface area contributed by atoms with Crippen LogP contribution in [-0.4, -0.2) is 50.3 Å². The maximum absolute atomic E-state index is 11.7. The molecular formula is C16H23ClN2O3. The highest BCUT2D eigenvalue weighted by atomic mass is 35.5. The summed E-state index contributed by atoms with van der Waals surface area (Å²) in [5, 5.41) is 0.650. The maximum Gasteiger partial charge on any atom is 0.337 e. The third kappa shape index (κ3) is 3.98. The van der Waals surface area contributed by atoms with Crippen molar-refractivity contribution in [2.45, 2.75) is 31.5 Å². The van der Waals surface area contributed by atoms with E-state index in [0.717, 1.165) is 24.9 Å². The first kappa shape index (κ1) is 17.2. The van der Waals surface area contributed by atoms with Gasteiger partial charge in [0.2, 0.25) is 0 Å². The molecule has 5 nitrogen and oxygen atoms in total. The molecule has 0 spiro atoms. The van der Waals surface area contributed by atoms with E-state index in [0.29, 0.717) is 23.7 Å². The molecule has 2 N–H and O–H groups in total. The molecule has 0 amide bonds. The van der Waals surface area contributed by atoms with Gasteiger partial charge in [-0.25, -0.2) is 4.79 Å². The van der Waals surface area contributed by atoms with Crippen molar-refractivity contribution in [3.63, 3.8) is 0 Å². The molecule has 2 unspecified atom stereocenters. The second kappa shape index (κ2) is 7.92. The topological polar surface area (TPSA) is 64.8 Å². The Morgan fingerprint density at radius 3 is 2.86 bits per heavy atom. The lowest BCUT2D eigenvalue weighted by Gasteiger charge is -2.38. The number of hydrogen-bond donors (Lipinski definition) is 1. The molecule has 1 aromatic carbocycles. The van der Waals surface area contributed by atoms with E-state index in [1.165, 1.54) is 7.11 Å². The van der Waals surface area contributed by atoms with Gasteiger partial charge in [0.15, 0.2) is 0 Å². The molecule has 1 aliphatic rings.